The van der Waals surface area contributed by atoms with Gasteiger partial charge in [-0.2, -0.15) is 5.10 Å². The minimum Gasteiger partial charge on any atom is -0.508 e. The second-order valence-corrected chi connectivity index (χ2v) is 11.7. The second kappa shape index (κ2) is 9.33. The molecule has 4 aliphatic rings. The first kappa shape index (κ1) is 25.0. The van der Waals surface area contributed by atoms with Crippen LogP contribution in [-0.2, 0) is 21.4 Å². The molecule has 1 aliphatic heterocycles. The molecule has 0 spiro atoms. The van der Waals surface area contributed by atoms with Crippen molar-refractivity contribution in [2.75, 3.05) is 27.2 Å². The molecule has 1 aromatic rings. The fourth-order valence-corrected chi connectivity index (χ4v) is 8.07. The van der Waals surface area contributed by atoms with E-state index in [9.17, 15) is 14.7 Å². The SMILES string of the molecule is CN/N=C(\C=C/C=O)C(=O)N(C)C(C)C1CCC2(C)C3Cc4ccc(O)cc4C12CCN3CC1CC1. The van der Waals surface area contributed by atoms with E-state index in [1.807, 2.05) is 19.2 Å². The molecule has 0 radical (unpaired) electrons. The Kier molecular flexibility index (Phi) is 6.48. The summed E-state index contributed by atoms with van der Waals surface area (Å²) in [7, 11) is 3.50. The molecule has 7 nitrogen and oxygen atoms in total. The number of hydrazone groups is 1. The molecular weight excluding hydrogens is 452 g/mol. The number of phenolic OH excluding ortho intramolecular Hbond substituents is 1. The summed E-state index contributed by atoms with van der Waals surface area (Å²) in [5, 5.41) is 14.7. The van der Waals surface area contributed by atoms with Crippen molar-refractivity contribution >= 4 is 17.9 Å². The number of carbonyl (C=O) groups excluding carboxylic acids is 2. The highest BCUT2D eigenvalue weighted by molar-refractivity contribution is 6.43. The molecule has 5 rings (SSSR count). The van der Waals surface area contributed by atoms with Gasteiger partial charge >= 0.3 is 0 Å². The number of allylic oxidation sites excluding steroid dienone is 1. The van der Waals surface area contributed by atoms with E-state index in [1.54, 1.807) is 11.9 Å². The van der Waals surface area contributed by atoms with Crippen LogP contribution in [-0.4, -0.2) is 72.1 Å². The molecule has 5 atom stereocenters. The average Bonchev–Trinajstić information content (AvgIpc) is 3.62. The summed E-state index contributed by atoms with van der Waals surface area (Å²) in [6, 6.07) is 6.45. The van der Waals surface area contributed by atoms with Crippen molar-refractivity contribution in [1.82, 2.24) is 15.2 Å². The summed E-state index contributed by atoms with van der Waals surface area (Å²) in [4.78, 5) is 28.9. The van der Waals surface area contributed by atoms with Gasteiger partial charge in [0.2, 0.25) is 0 Å². The van der Waals surface area contributed by atoms with Crippen LogP contribution in [0.5, 0.6) is 5.75 Å². The van der Waals surface area contributed by atoms with Gasteiger partial charge in [-0.05, 0) is 105 Å². The van der Waals surface area contributed by atoms with Crippen LogP contribution in [0.1, 0.15) is 57.1 Å². The van der Waals surface area contributed by atoms with Crippen molar-refractivity contribution in [3.63, 3.8) is 0 Å². The molecule has 2 saturated carbocycles. The van der Waals surface area contributed by atoms with Gasteiger partial charge in [0.1, 0.15) is 17.7 Å². The number of amides is 1. The Bertz CT molecular complexity index is 1100. The maximum Gasteiger partial charge on any atom is 0.274 e. The van der Waals surface area contributed by atoms with E-state index < -0.39 is 0 Å². The molecule has 7 heteroatoms. The molecule has 0 aromatic heterocycles. The molecule has 3 aliphatic carbocycles. The topological polar surface area (TPSA) is 85.2 Å². The van der Waals surface area contributed by atoms with Crippen molar-refractivity contribution in [2.45, 2.75) is 69.9 Å². The van der Waals surface area contributed by atoms with Gasteiger partial charge in [0.05, 0.1) is 0 Å². The van der Waals surface area contributed by atoms with E-state index in [0.717, 1.165) is 38.1 Å². The number of benzene rings is 1. The Hall–Kier alpha value is -2.67. The number of phenols is 1. The molecule has 1 saturated heterocycles. The van der Waals surface area contributed by atoms with Crippen LogP contribution in [0.4, 0.5) is 0 Å². The zero-order valence-corrected chi connectivity index (χ0v) is 22.0. The number of fused-ring (bicyclic) bond motifs is 1. The monoisotopic (exact) mass is 492 g/mol. The first-order valence-electron chi connectivity index (χ1n) is 13.5. The second-order valence-electron chi connectivity index (χ2n) is 11.7. The third-order valence-electron chi connectivity index (χ3n) is 10.1. The minimum absolute atomic E-state index is 0.0325. The molecule has 5 unspecified atom stereocenters. The molecule has 1 heterocycles. The Balaban J connectivity index is 1.53. The van der Waals surface area contributed by atoms with Crippen molar-refractivity contribution < 1.29 is 14.7 Å². The molecular formula is C29H40N4O3. The normalized spacial score (nSPS) is 32.6. The molecule has 36 heavy (non-hydrogen) atoms. The van der Waals surface area contributed by atoms with Crippen molar-refractivity contribution in [1.29, 1.82) is 0 Å². The number of carbonyl (C=O) groups is 2. The van der Waals surface area contributed by atoms with Crippen molar-refractivity contribution in [3.05, 3.63) is 41.5 Å². The highest BCUT2D eigenvalue weighted by Gasteiger charge is 2.67. The molecule has 2 N–H and O–H groups in total. The van der Waals surface area contributed by atoms with E-state index in [4.69, 9.17) is 0 Å². The van der Waals surface area contributed by atoms with Gasteiger partial charge in [0, 0.05) is 38.1 Å². The van der Waals surface area contributed by atoms with Gasteiger partial charge in [-0.1, -0.05) is 13.0 Å². The summed E-state index contributed by atoms with van der Waals surface area (Å²) in [5.41, 5.74) is 5.55. The standard InChI is InChI=1S/C29H40N4O3/c1-19(32(4)27(36)25(31-30-3)6-5-15-34)23-11-12-28(2)26-16-21-9-10-22(35)17-24(21)29(23,28)13-14-33(26)18-20-7-8-20/h5-6,9-10,15,17,19-20,23,26,30,35H,7-8,11-14,16,18H2,1-4H3/b6-5-,31-25+. The smallest absolute Gasteiger partial charge is 0.274 e. The molecule has 2 bridgehead atoms. The molecule has 1 amide bonds. The number of nitrogens with one attached hydrogen (secondary N) is 1. The Morgan fingerprint density at radius 3 is 2.81 bits per heavy atom. The lowest BCUT2D eigenvalue weighted by Gasteiger charge is -2.63. The van der Waals surface area contributed by atoms with Crippen LogP contribution in [0.2, 0.25) is 0 Å². The predicted octanol–water partition coefficient (Wildman–Crippen LogP) is 3.26. The lowest BCUT2D eigenvalue weighted by molar-refractivity contribution is -0.127. The van der Waals surface area contributed by atoms with E-state index in [0.29, 0.717) is 18.1 Å². The van der Waals surface area contributed by atoms with Gasteiger partial charge in [-0.25, -0.2) is 0 Å². The summed E-state index contributed by atoms with van der Waals surface area (Å²) in [6.07, 6.45) is 10.4. The number of aldehydes is 1. The molecule has 194 valence electrons. The van der Waals surface area contributed by atoms with Crippen LogP contribution in [0.15, 0.2) is 35.5 Å². The number of nitrogens with zero attached hydrogens (tertiary/aromatic N) is 3. The van der Waals surface area contributed by atoms with E-state index in [1.165, 1.54) is 42.7 Å². The number of piperidine rings is 1. The van der Waals surface area contributed by atoms with Gasteiger partial charge in [-0.3, -0.25) is 14.5 Å². The highest BCUT2D eigenvalue weighted by Crippen LogP contribution is 2.68. The van der Waals surface area contributed by atoms with Crippen LogP contribution in [0, 0.1) is 17.3 Å². The predicted molar refractivity (Wildman–Crippen MR) is 141 cm³/mol. The average molecular weight is 493 g/mol. The number of rotatable bonds is 8. The van der Waals surface area contributed by atoms with Gasteiger partial charge in [-0.15, -0.1) is 0 Å². The van der Waals surface area contributed by atoms with Crippen molar-refractivity contribution in [3.8, 4) is 5.75 Å². The quantitative estimate of drug-likeness (QED) is 0.252. The lowest BCUT2D eigenvalue weighted by atomic mass is 9.48. The Morgan fingerprint density at radius 1 is 1.33 bits per heavy atom. The summed E-state index contributed by atoms with van der Waals surface area (Å²) < 4.78 is 0. The van der Waals surface area contributed by atoms with E-state index >= 15 is 0 Å². The Morgan fingerprint density at radius 2 is 2.11 bits per heavy atom. The van der Waals surface area contributed by atoms with Crippen LogP contribution < -0.4 is 5.43 Å². The summed E-state index contributed by atoms with van der Waals surface area (Å²) >= 11 is 0. The van der Waals surface area contributed by atoms with Crippen molar-refractivity contribution in [2.24, 2.45) is 22.4 Å². The third kappa shape index (κ3) is 3.78. The Labute approximate surface area is 214 Å². The van der Waals surface area contributed by atoms with Crippen LogP contribution in [0.3, 0.4) is 0 Å². The van der Waals surface area contributed by atoms with Gasteiger partial charge < -0.3 is 15.4 Å². The first-order valence-corrected chi connectivity index (χ1v) is 13.5. The summed E-state index contributed by atoms with van der Waals surface area (Å²) in [6.45, 7) is 6.92. The maximum atomic E-state index is 13.5. The van der Waals surface area contributed by atoms with Crippen LogP contribution in [0.25, 0.3) is 0 Å². The lowest BCUT2D eigenvalue weighted by Crippen LogP contribution is -2.67. The minimum atomic E-state index is -0.199. The zero-order valence-electron chi connectivity index (χ0n) is 22.0. The van der Waals surface area contributed by atoms with Crippen LogP contribution >= 0.6 is 0 Å². The zero-order chi connectivity index (χ0) is 25.7. The van der Waals surface area contributed by atoms with Gasteiger partial charge in [0.25, 0.3) is 5.91 Å². The third-order valence-corrected chi connectivity index (χ3v) is 10.1. The number of hydrogen-bond donors (Lipinski definition) is 2. The molecule has 1 aromatic carbocycles. The van der Waals surface area contributed by atoms with E-state index in [2.05, 4.69) is 35.3 Å². The number of hydrogen-bond acceptors (Lipinski definition) is 6. The fourth-order valence-electron chi connectivity index (χ4n) is 8.07. The first-order chi connectivity index (χ1) is 17.3. The van der Waals surface area contributed by atoms with E-state index in [-0.39, 0.29) is 34.4 Å². The summed E-state index contributed by atoms with van der Waals surface area (Å²) in [5.74, 6) is 1.24. The maximum absolute atomic E-state index is 13.5. The largest absolute Gasteiger partial charge is 0.508 e. The highest BCUT2D eigenvalue weighted by atomic mass is 16.3. The number of aromatic hydroxyl groups is 1. The number of likely N-dealkylation sites (tertiary alicyclic amines) is 1. The molecule has 3 fully saturated rings. The van der Waals surface area contributed by atoms with Gasteiger partial charge in [0.15, 0.2) is 0 Å². The fraction of sp³-hybridized carbons (Fsp3) is 0.621.